The van der Waals surface area contributed by atoms with Crippen molar-refractivity contribution in [2.75, 3.05) is 13.1 Å². The molecule has 3 heterocycles. The number of imide groups is 1. The second-order valence-corrected chi connectivity index (χ2v) is 11.4. The van der Waals surface area contributed by atoms with Crippen molar-refractivity contribution in [2.45, 2.75) is 64.6 Å². The van der Waals surface area contributed by atoms with E-state index in [-0.39, 0.29) is 48.6 Å². The molecule has 2 aromatic carbocycles. The van der Waals surface area contributed by atoms with Crippen LogP contribution in [-0.2, 0) is 26.3 Å². The summed E-state index contributed by atoms with van der Waals surface area (Å²) in [5.41, 5.74) is 0.985. The van der Waals surface area contributed by atoms with E-state index < -0.39 is 23.4 Å². The Balaban J connectivity index is 1.56. The van der Waals surface area contributed by atoms with Crippen LogP contribution in [0, 0.1) is 11.8 Å². The average Bonchev–Trinajstić information content (AvgIpc) is 3.28. The Kier molecular flexibility index (Phi) is 6.00. The van der Waals surface area contributed by atoms with Crippen LogP contribution in [0.3, 0.4) is 0 Å². The molecule has 3 fully saturated rings. The predicted octanol–water partition coefficient (Wildman–Crippen LogP) is 3.62. The maximum Gasteiger partial charge on any atom is 0.255 e. The topological polar surface area (TPSA) is 78.0 Å². The number of hydrogen-bond acceptors (Lipinski definition) is 4. The normalized spacial score (nSPS) is 27.2. The number of rotatable bonds is 5. The van der Waals surface area contributed by atoms with Gasteiger partial charge in [-0.05, 0) is 42.0 Å². The molecule has 5 rings (SSSR count). The van der Waals surface area contributed by atoms with Crippen molar-refractivity contribution >= 4 is 23.6 Å². The highest BCUT2D eigenvalue weighted by molar-refractivity contribution is 6.13. The van der Waals surface area contributed by atoms with Gasteiger partial charge in [0.05, 0.1) is 24.4 Å². The maximum absolute atomic E-state index is 14.1. The quantitative estimate of drug-likeness (QED) is 0.587. The summed E-state index contributed by atoms with van der Waals surface area (Å²) in [5.74, 6) is -2.76. The number of carbonyl (C=O) groups excluding carboxylic acids is 4. The number of hydrogen-bond donors (Lipinski definition) is 0. The Labute approximate surface area is 218 Å². The molecule has 2 bridgehead atoms. The molecule has 4 atom stereocenters. The van der Waals surface area contributed by atoms with E-state index >= 15 is 0 Å². The molecule has 0 saturated carbocycles. The third kappa shape index (κ3) is 3.62. The first-order chi connectivity index (χ1) is 17.6. The number of benzene rings is 2. The molecule has 7 nitrogen and oxygen atoms in total. The summed E-state index contributed by atoms with van der Waals surface area (Å²) in [4.78, 5) is 60.4. The predicted molar refractivity (Wildman–Crippen MR) is 139 cm³/mol. The van der Waals surface area contributed by atoms with E-state index in [2.05, 4.69) is 20.8 Å². The second-order valence-electron chi connectivity index (χ2n) is 11.4. The Morgan fingerprint density at radius 3 is 2.16 bits per heavy atom. The fraction of sp³-hybridized carbons (Fsp3) is 0.467. The van der Waals surface area contributed by atoms with Crippen LogP contribution >= 0.6 is 0 Å². The van der Waals surface area contributed by atoms with Gasteiger partial charge in [0.25, 0.3) is 5.91 Å². The van der Waals surface area contributed by atoms with Crippen LogP contribution in [0.25, 0.3) is 0 Å². The SMILES string of the molecule is CCN1C[C@@H]2[C@@H]3C(=O)N(Cc4ccccc4)C(=O)[C@@H]3[C@](CC)(C1=O)N2C(=O)c1ccc(C(C)(C)C)cc1. The lowest BCUT2D eigenvalue weighted by molar-refractivity contribution is -0.157. The largest absolute Gasteiger partial charge is 0.339 e. The van der Waals surface area contributed by atoms with E-state index in [1.165, 1.54) is 4.90 Å². The van der Waals surface area contributed by atoms with Crippen molar-refractivity contribution in [3.05, 3.63) is 71.3 Å². The van der Waals surface area contributed by atoms with Gasteiger partial charge in [0.1, 0.15) is 5.54 Å². The molecule has 3 saturated heterocycles. The molecule has 7 heteroatoms. The molecule has 194 valence electrons. The number of nitrogens with zero attached hydrogens (tertiary/aromatic N) is 3. The molecular weight excluding hydrogens is 466 g/mol. The highest BCUT2D eigenvalue weighted by Gasteiger charge is 2.74. The zero-order valence-electron chi connectivity index (χ0n) is 22.2. The Morgan fingerprint density at radius 1 is 0.946 bits per heavy atom. The lowest BCUT2D eigenvalue weighted by Crippen LogP contribution is -2.69. The average molecular weight is 502 g/mol. The van der Waals surface area contributed by atoms with Crippen molar-refractivity contribution in [1.29, 1.82) is 0 Å². The molecule has 0 unspecified atom stereocenters. The van der Waals surface area contributed by atoms with Gasteiger partial charge in [-0.15, -0.1) is 0 Å². The smallest absolute Gasteiger partial charge is 0.255 e. The monoisotopic (exact) mass is 501 g/mol. The first-order valence-corrected chi connectivity index (χ1v) is 13.2. The molecule has 0 spiro atoms. The Hall–Kier alpha value is -3.48. The standard InChI is InChI=1S/C30H35N3O4/c1-6-30-24-23(26(35)32(27(24)36)17-19-11-9-8-10-12-19)22(18-31(7-2)28(30)37)33(30)25(34)20-13-15-21(16-14-20)29(3,4)5/h8-16,22-24H,6-7,17-18H2,1-5H3/t22-,23+,24-,30-/m1/s1. The number of piperazine rings is 1. The molecule has 3 aliphatic heterocycles. The van der Waals surface area contributed by atoms with Gasteiger partial charge in [-0.2, -0.15) is 0 Å². The molecular formula is C30H35N3O4. The minimum Gasteiger partial charge on any atom is -0.339 e. The van der Waals surface area contributed by atoms with Crippen molar-refractivity contribution in [1.82, 2.24) is 14.7 Å². The molecule has 0 N–H and O–H groups in total. The number of likely N-dealkylation sites (tertiary alicyclic amines) is 2. The van der Waals surface area contributed by atoms with Crippen LogP contribution in [-0.4, -0.2) is 63.0 Å². The van der Waals surface area contributed by atoms with E-state index in [9.17, 15) is 19.2 Å². The van der Waals surface area contributed by atoms with Gasteiger partial charge >= 0.3 is 0 Å². The van der Waals surface area contributed by atoms with Gasteiger partial charge in [-0.3, -0.25) is 24.1 Å². The third-order valence-corrected chi connectivity index (χ3v) is 8.52. The highest BCUT2D eigenvalue weighted by Crippen LogP contribution is 2.54. The fourth-order valence-corrected chi connectivity index (χ4v) is 6.58. The van der Waals surface area contributed by atoms with Gasteiger partial charge in [-0.25, -0.2) is 0 Å². The summed E-state index contributed by atoms with van der Waals surface area (Å²) in [5, 5.41) is 0. The van der Waals surface area contributed by atoms with Gasteiger partial charge in [0.2, 0.25) is 17.7 Å². The maximum atomic E-state index is 14.1. The summed E-state index contributed by atoms with van der Waals surface area (Å²) in [6.07, 6.45) is 0.268. The van der Waals surface area contributed by atoms with Crippen molar-refractivity contribution in [3.8, 4) is 0 Å². The number of fused-ring (bicyclic) bond motifs is 5. The first-order valence-electron chi connectivity index (χ1n) is 13.2. The molecule has 37 heavy (non-hydrogen) atoms. The molecule has 3 aliphatic rings. The van der Waals surface area contributed by atoms with E-state index in [0.717, 1.165) is 11.1 Å². The van der Waals surface area contributed by atoms with Gasteiger partial charge in [-0.1, -0.05) is 70.2 Å². The van der Waals surface area contributed by atoms with Crippen molar-refractivity contribution in [3.63, 3.8) is 0 Å². The number of carbonyl (C=O) groups is 4. The lowest BCUT2D eigenvalue weighted by Gasteiger charge is -2.49. The minimum absolute atomic E-state index is 0.0635. The number of amides is 4. The van der Waals surface area contributed by atoms with Gasteiger partial charge in [0.15, 0.2) is 0 Å². The Morgan fingerprint density at radius 2 is 1.59 bits per heavy atom. The van der Waals surface area contributed by atoms with Crippen molar-refractivity contribution < 1.29 is 19.2 Å². The van der Waals surface area contributed by atoms with Crippen LogP contribution < -0.4 is 0 Å². The zero-order valence-corrected chi connectivity index (χ0v) is 22.2. The highest BCUT2D eigenvalue weighted by atomic mass is 16.2. The van der Waals surface area contributed by atoms with E-state index in [1.54, 1.807) is 21.9 Å². The second kappa shape index (κ2) is 8.82. The lowest BCUT2D eigenvalue weighted by atomic mass is 9.78. The zero-order chi connectivity index (χ0) is 26.7. The minimum atomic E-state index is -1.37. The van der Waals surface area contributed by atoms with Crippen LogP contribution in [0.1, 0.15) is 62.5 Å². The van der Waals surface area contributed by atoms with E-state index in [4.69, 9.17) is 0 Å². The fourth-order valence-electron chi connectivity index (χ4n) is 6.58. The molecule has 0 radical (unpaired) electrons. The first kappa shape index (κ1) is 25.2. The van der Waals surface area contributed by atoms with Crippen LogP contribution in [0.15, 0.2) is 54.6 Å². The van der Waals surface area contributed by atoms with Crippen LogP contribution in [0.4, 0.5) is 0 Å². The summed E-state index contributed by atoms with van der Waals surface area (Å²) in [7, 11) is 0. The molecule has 0 aliphatic carbocycles. The van der Waals surface area contributed by atoms with Crippen LogP contribution in [0.5, 0.6) is 0 Å². The summed E-state index contributed by atoms with van der Waals surface area (Å²) < 4.78 is 0. The van der Waals surface area contributed by atoms with E-state index in [0.29, 0.717) is 12.1 Å². The number of likely N-dealkylation sites (N-methyl/N-ethyl adjacent to an activating group) is 1. The van der Waals surface area contributed by atoms with Gasteiger partial charge in [0, 0.05) is 18.7 Å². The Bertz CT molecular complexity index is 1250. The van der Waals surface area contributed by atoms with Crippen LogP contribution in [0.2, 0.25) is 0 Å². The summed E-state index contributed by atoms with van der Waals surface area (Å²) in [6.45, 7) is 11.0. The van der Waals surface area contributed by atoms with E-state index in [1.807, 2.05) is 56.3 Å². The molecule has 4 amide bonds. The summed E-state index contributed by atoms with van der Waals surface area (Å²) in [6, 6.07) is 16.3. The van der Waals surface area contributed by atoms with Crippen molar-refractivity contribution in [2.24, 2.45) is 11.8 Å². The summed E-state index contributed by atoms with van der Waals surface area (Å²) >= 11 is 0. The molecule has 0 aromatic heterocycles. The van der Waals surface area contributed by atoms with Gasteiger partial charge < -0.3 is 9.80 Å². The third-order valence-electron chi connectivity index (χ3n) is 8.52. The molecule has 2 aromatic rings.